The lowest BCUT2D eigenvalue weighted by molar-refractivity contribution is -0.117. The summed E-state index contributed by atoms with van der Waals surface area (Å²) in [6, 6.07) is 6.33. The Morgan fingerprint density at radius 3 is 2.65 bits per heavy atom. The van der Waals surface area contributed by atoms with E-state index < -0.39 is 27.9 Å². The fraction of sp³-hybridized carbons (Fsp3) is 0.462. The molecule has 2 atom stereocenters. The number of benzene rings is 1. The van der Waals surface area contributed by atoms with E-state index in [1.54, 1.807) is 18.2 Å². The van der Waals surface area contributed by atoms with Gasteiger partial charge in [-0.1, -0.05) is 12.1 Å². The lowest BCUT2D eigenvalue weighted by Gasteiger charge is -2.30. The summed E-state index contributed by atoms with van der Waals surface area (Å²) >= 11 is 5.61. The summed E-state index contributed by atoms with van der Waals surface area (Å²) in [6.07, 6.45) is -1.09. The van der Waals surface area contributed by atoms with Crippen molar-refractivity contribution >= 4 is 33.0 Å². The smallest absolute Gasteiger partial charge is 0.242 e. The van der Waals surface area contributed by atoms with Crippen molar-refractivity contribution in [2.24, 2.45) is 0 Å². The Kier molecular flexibility index (Phi) is 4.36. The molecule has 20 heavy (non-hydrogen) atoms. The highest BCUT2D eigenvalue weighted by atomic mass is 35.5. The maximum atomic E-state index is 12.1. The summed E-state index contributed by atoms with van der Waals surface area (Å²) in [5, 5.41) is 9.95. The minimum absolute atomic E-state index is 0.245. The predicted molar refractivity (Wildman–Crippen MR) is 77.8 cm³/mol. The summed E-state index contributed by atoms with van der Waals surface area (Å²) in [6.45, 7) is 1.87. The molecule has 1 aromatic rings. The van der Waals surface area contributed by atoms with Gasteiger partial charge in [-0.05, 0) is 24.6 Å². The second-order valence-corrected chi connectivity index (χ2v) is 7.37. The fourth-order valence-corrected chi connectivity index (χ4v) is 4.32. The van der Waals surface area contributed by atoms with Gasteiger partial charge in [0, 0.05) is 5.69 Å². The molecule has 1 aliphatic heterocycles. The van der Waals surface area contributed by atoms with Crippen LogP contribution >= 0.6 is 11.6 Å². The number of carbonyl (C=O) groups excluding carboxylic acids is 1. The summed E-state index contributed by atoms with van der Waals surface area (Å²) in [4.78, 5) is 13.4. The average Bonchev–Trinajstić information content (AvgIpc) is 2.63. The highest BCUT2D eigenvalue weighted by Gasteiger charge is 2.42. The fourth-order valence-electron chi connectivity index (χ4n) is 2.42. The van der Waals surface area contributed by atoms with Crippen LogP contribution in [0.25, 0.3) is 0 Å². The zero-order chi connectivity index (χ0) is 14.9. The minimum Gasteiger partial charge on any atom is -0.390 e. The molecule has 1 aliphatic rings. The van der Waals surface area contributed by atoms with Crippen molar-refractivity contribution < 1.29 is 18.3 Å². The largest absolute Gasteiger partial charge is 0.390 e. The molecule has 7 heteroatoms. The molecule has 1 N–H and O–H groups in total. The SMILES string of the molecule is Cc1cccc(N(C(=O)CCl)C2CS(=O)(=O)CC2O)c1. The second-order valence-electron chi connectivity index (χ2n) is 4.95. The number of hydrogen-bond donors (Lipinski definition) is 1. The molecule has 2 rings (SSSR count). The molecule has 0 aromatic heterocycles. The van der Waals surface area contributed by atoms with E-state index in [1.165, 1.54) is 4.90 Å². The van der Waals surface area contributed by atoms with Crippen LogP contribution in [0.1, 0.15) is 5.56 Å². The molecule has 0 saturated carbocycles. The predicted octanol–water partition coefficient (Wildman–Crippen LogP) is 0.725. The van der Waals surface area contributed by atoms with Crippen LogP contribution < -0.4 is 4.90 Å². The first-order valence-electron chi connectivity index (χ1n) is 6.17. The number of aryl methyl sites for hydroxylation is 1. The third-order valence-electron chi connectivity index (χ3n) is 3.29. The Hall–Kier alpha value is -1.11. The molecule has 0 spiro atoms. The highest BCUT2D eigenvalue weighted by molar-refractivity contribution is 7.91. The molecular weight excluding hydrogens is 302 g/mol. The Bertz CT molecular complexity index is 617. The van der Waals surface area contributed by atoms with Crippen molar-refractivity contribution in [3.05, 3.63) is 29.8 Å². The maximum absolute atomic E-state index is 12.1. The van der Waals surface area contributed by atoms with Crippen LogP contribution in [0.5, 0.6) is 0 Å². The summed E-state index contributed by atoms with van der Waals surface area (Å²) in [5.74, 6) is -1.25. The number of halogens is 1. The summed E-state index contributed by atoms with van der Waals surface area (Å²) in [7, 11) is -3.34. The van der Waals surface area contributed by atoms with Crippen molar-refractivity contribution in [1.29, 1.82) is 0 Å². The quantitative estimate of drug-likeness (QED) is 0.834. The van der Waals surface area contributed by atoms with Crippen molar-refractivity contribution in [3.63, 3.8) is 0 Å². The summed E-state index contributed by atoms with van der Waals surface area (Å²) in [5.41, 5.74) is 1.49. The lowest BCUT2D eigenvalue weighted by atomic mass is 10.1. The maximum Gasteiger partial charge on any atom is 0.242 e. The first-order valence-corrected chi connectivity index (χ1v) is 8.53. The van der Waals surface area contributed by atoms with Gasteiger partial charge in [0.05, 0.1) is 23.7 Å². The number of sulfone groups is 1. The van der Waals surface area contributed by atoms with Gasteiger partial charge in [0.2, 0.25) is 5.91 Å². The Morgan fingerprint density at radius 2 is 2.15 bits per heavy atom. The van der Waals surface area contributed by atoms with Crippen molar-refractivity contribution in [2.75, 3.05) is 22.3 Å². The van der Waals surface area contributed by atoms with E-state index in [4.69, 9.17) is 11.6 Å². The molecule has 1 amide bonds. The molecular formula is C13H16ClNO4S. The van der Waals surface area contributed by atoms with Gasteiger partial charge in [0.15, 0.2) is 9.84 Å². The highest BCUT2D eigenvalue weighted by Crippen LogP contribution is 2.26. The van der Waals surface area contributed by atoms with E-state index >= 15 is 0 Å². The number of rotatable bonds is 3. The van der Waals surface area contributed by atoms with Crippen LogP contribution in [0.2, 0.25) is 0 Å². The van der Waals surface area contributed by atoms with Gasteiger partial charge in [0.25, 0.3) is 0 Å². The van der Waals surface area contributed by atoms with E-state index in [0.29, 0.717) is 5.69 Å². The molecule has 110 valence electrons. The van der Waals surface area contributed by atoms with E-state index in [2.05, 4.69) is 0 Å². The van der Waals surface area contributed by atoms with Gasteiger partial charge in [0.1, 0.15) is 5.88 Å². The standard InChI is InChI=1S/C13H16ClNO4S/c1-9-3-2-4-10(5-9)15(13(17)6-14)11-7-20(18,19)8-12(11)16/h2-5,11-12,16H,6-8H2,1H3. The van der Waals surface area contributed by atoms with E-state index in [-0.39, 0.29) is 17.4 Å². The molecule has 0 aliphatic carbocycles. The van der Waals surface area contributed by atoms with Crippen molar-refractivity contribution in [3.8, 4) is 0 Å². The number of anilines is 1. The number of amides is 1. The second kappa shape index (κ2) is 5.71. The van der Waals surface area contributed by atoms with Crippen molar-refractivity contribution in [1.82, 2.24) is 0 Å². The van der Waals surface area contributed by atoms with Crippen LogP contribution in [-0.2, 0) is 14.6 Å². The number of hydrogen-bond acceptors (Lipinski definition) is 4. The van der Waals surface area contributed by atoms with Gasteiger partial charge in [-0.15, -0.1) is 11.6 Å². The van der Waals surface area contributed by atoms with Gasteiger partial charge >= 0.3 is 0 Å². The van der Waals surface area contributed by atoms with Crippen LogP contribution in [0, 0.1) is 6.92 Å². The third kappa shape index (κ3) is 3.13. The van der Waals surface area contributed by atoms with Gasteiger partial charge in [-0.3, -0.25) is 4.79 Å². The number of carbonyl (C=O) groups is 1. The average molecular weight is 318 g/mol. The van der Waals surface area contributed by atoms with Crippen LogP contribution in [0.3, 0.4) is 0 Å². The van der Waals surface area contributed by atoms with E-state index in [9.17, 15) is 18.3 Å². The Balaban J connectivity index is 2.41. The summed E-state index contributed by atoms with van der Waals surface area (Å²) < 4.78 is 23.3. The first kappa shape index (κ1) is 15.3. The molecule has 0 bridgehead atoms. The van der Waals surface area contributed by atoms with E-state index in [0.717, 1.165) is 5.56 Å². The number of nitrogens with zero attached hydrogens (tertiary/aromatic N) is 1. The molecule has 5 nitrogen and oxygen atoms in total. The molecule has 2 unspecified atom stereocenters. The van der Waals surface area contributed by atoms with Crippen LogP contribution in [-0.4, -0.2) is 49.0 Å². The third-order valence-corrected chi connectivity index (χ3v) is 5.22. The normalized spacial score (nSPS) is 24.6. The molecule has 1 heterocycles. The molecule has 0 radical (unpaired) electrons. The lowest BCUT2D eigenvalue weighted by Crippen LogP contribution is -2.47. The Labute approximate surface area is 123 Å². The topological polar surface area (TPSA) is 74.7 Å². The van der Waals surface area contributed by atoms with Crippen molar-refractivity contribution in [2.45, 2.75) is 19.1 Å². The molecule has 1 fully saturated rings. The zero-order valence-electron chi connectivity index (χ0n) is 11.0. The first-order chi connectivity index (χ1) is 9.34. The molecule has 1 saturated heterocycles. The van der Waals surface area contributed by atoms with Gasteiger partial charge in [-0.25, -0.2) is 8.42 Å². The van der Waals surface area contributed by atoms with Gasteiger partial charge in [-0.2, -0.15) is 0 Å². The molecule has 1 aromatic carbocycles. The van der Waals surface area contributed by atoms with E-state index in [1.807, 2.05) is 13.0 Å². The van der Waals surface area contributed by atoms with Crippen LogP contribution in [0.4, 0.5) is 5.69 Å². The number of aliphatic hydroxyl groups is 1. The monoisotopic (exact) mass is 317 g/mol. The van der Waals surface area contributed by atoms with Crippen LogP contribution in [0.15, 0.2) is 24.3 Å². The minimum atomic E-state index is -3.34. The Morgan fingerprint density at radius 1 is 1.45 bits per heavy atom. The number of aliphatic hydroxyl groups excluding tert-OH is 1. The number of alkyl halides is 1. The van der Waals surface area contributed by atoms with Gasteiger partial charge < -0.3 is 10.0 Å². The zero-order valence-corrected chi connectivity index (χ0v) is 12.6.